The van der Waals surface area contributed by atoms with Crippen LogP contribution in [0.2, 0.25) is 0 Å². The first-order chi connectivity index (χ1) is 14.3. The lowest BCUT2D eigenvalue weighted by Gasteiger charge is -2.23. The summed E-state index contributed by atoms with van der Waals surface area (Å²) < 4.78 is 15.4. The van der Waals surface area contributed by atoms with Gasteiger partial charge in [-0.2, -0.15) is 10.9 Å². The number of rotatable bonds is 6. The van der Waals surface area contributed by atoms with Gasteiger partial charge in [-0.1, -0.05) is 36.4 Å². The zero-order chi connectivity index (χ0) is 19.9. The Labute approximate surface area is 172 Å². The molecule has 0 unspecified atom stereocenters. The molecule has 5 heteroatoms. The van der Waals surface area contributed by atoms with Crippen molar-refractivity contribution in [2.45, 2.75) is 21.3 Å². The summed E-state index contributed by atoms with van der Waals surface area (Å²) in [5, 5.41) is 0. The molecule has 4 rings (SSSR count). The third kappa shape index (κ3) is 4.89. The maximum Gasteiger partial charge on any atom is 0.514 e. The van der Waals surface area contributed by atoms with Crippen molar-refractivity contribution in [1.29, 1.82) is 0 Å². The first-order valence-electron chi connectivity index (χ1n) is 9.17. The Morgan fingerprint density at radius 1 is 0.724 bits per heavy atom. The average Bonchev–Trinajstić information content (AvgIpc) is 3.29. The molecule has 1 heterocycles. The van der Waals surface area contributed by atoms with E-state index < -0.39 is 17.1 Å². The van der Waals surface area contributed by atoms with Crippen molar-refractivity contribution in [2.24, 2.45) is 0 Å². The lowest BCUT2D eigenvalue weighted by Crippen LogP contribution is -2.10. The quantitative estimate of drug-likeness (QED) is 0.227. The molecule has 1 aromatic heterocycles. The molecule has 4 aromatic rings. The summed E-state index contributed by atoms with van der Waals surface area (Å²) in [5.74, 6) is 1.00. The number of hydrogen-bond acceptors (Lipinski definition) is 4. The molecule has 0 bridgehead atoms. The average molecular weight is 404 g/mol. The summed E-state index contributed by atoms with van der Waals surface area (Å²) in [6.07, 6.45) is 0.767. The fourth-order valence-corrected chi connectivity index (χ4v) is 5.20. The molecule has 0 N–H and O–H groups in total. The normalized spacial score (nSPS) is 11.0. The molecule has 146 valence electrons. The van der Waals surface area contributed by atoms with Crippen molar-refractivity contribution in [3.63, 3.8) is 0 Å². The van der Waals surface area contributed by atoms with Gasteiger partial charge in [0.05, 0.1) is 6.26 Å². The van der Waals surface area contributed by atoms with Crippen molar-refractivity contribution in [3.8, 4) is 5.75 Å². The molecule has 0 amide bonds. The SMILES string of the molecule is O=C(OCc1ccco1)Oc1ccc([SH](c2ccccc2)c2ccccc2)cc1. The number of hydrogen-bond donors (Lipinski definition) is 1. The van der Waals surface area contributed by atoms with E-state index in [1.165, 1.54) is 20.9 Å². The Kier molecular flexibility index (Phi) is 5.98. The molecule has 0 aliphatic heterocycles. The summed E-state index contributed by atoms with van der Waals surface area (Å²) in [5.41, 5.74) is 0. The molecule has 0 atom stereocenters. The number of carbonyl (C=O) groups is 1. The second-order valence-corrected chi connectivity index (χ2v) is 8.44. The Morgan fingerprint density at radius 2 is 1.31 bits per heavy atom. The predicted octanol–water partition coefficient (Wildman–Crippen LogP) is 6.47. The molecule has 0 aliphatic rings. The third-order valence-corrected chi connectivity index (χ3v) is 6.68. The molecule has 0 fully saturated rings. The molecule has 29 heavy (non-hydrogen) atoms. The standard InChI is InChI=1S/C24H20O4S/c25-24(27-18-20-8-7-17-26-20)28-19-13-15-23(16-14-19)29(21-9-3-1-4-10-21)22-11-5-2-6-12-22/h1-17,29H,18H2. The number of thiol groups is 1. The van der Waals surface area contributed by atoms with Gasteiger partial charge in [-0.15, -0.1) is 0 Å². The monoisotopic (exact) mass is 404 g/mol. The van der Waals surface area contributed by atoms with Crippen LogP contribution in [0.15, 0.2) is 122 Å². The maximum atomic E-state index is 11.9. The van der Waals surface area contributed by atoms with Crippen molar-refractivity contribution in [2.75, 3.05) is 0 Å². The van der Waals surface area contributed by atoms with E-state index in [1.807, 2.05) is 24.3 Å². The van der Waals surface area contributed by atoms with Crippen LogP contribution >= 0.6 is 10.9 Å². The van der Waals surface area contributed by atoms with Crippen molar-refractivity contribution in [1.82, 2.24) is 0 Å². The van der Waals surface area contributed by atoms with E-state index >= 15 is 0 Å². The molecule has 0 spiro atoms. The topological polar surface area (TPSA) is 48.7 Å². The highest BCUT2D eigenvalue weighted by molar-refractivity contribution is 8.17. The second kappa shape index (κ2) is 9.17. The van der Waals surface area contributed by atoms with Gasteiger partial charge in [-0.05, 0) is 75.4 Å². The summed E-state index contributed by atoms with van der Waals surface area (Å²) >= 11 is 0. The van der Waals surface area contributed by atoms with Crippen LogP contribution in [0.5, 0.6) is 5.75 Å². The van der Waals surface area contributed by atoms with Crippen LogP contribution < -0.4 is 4.74 Å². The third-order valence-electron chi connectivity index (χ3n) is 4.24. The Balaban J connectivity index is 1.49. The van der Waals surface area contributed by atoms with Gasteiger partial charge in [0.1, 0.15) is 11.5 Å². The minimum Gasteiger partial charge on any atom is -0.466 e. The Morgan fingerprint density at radius 3 is 1.86 bits per heavy atom. The van der Waals surface area contributed by atoms with E-state index in [4.69, 9.17) is 13.9 Å². The first kappa shape index (κ1) is 18.9. The molecule has 0 saturated carbocycles. The Hall–Kier alpha value is -3.44. The molecule has 0 saturated heterocycles. The lowest BCUT2D eigenvalue weighted by molar-refractivity contribution is 0.0864. The van der Waals surface area contributed by atoms with Gasteiger partial charge in [0.2, 0.25) is 0 Å². The molecule has 0 aliphatic carbocycles. The summed E-state index contributed by atoms with van der Waals surface area (Å²) in [7, 11) is -0.694. The minimum atomic E-state index is -0.762. The summed E-state index contributed by atoms with van der Waals surface area (Å²) in [6, 6.07) is 31.9. The highest BCUT2D eigenvalue weighted by Gasteiger charge is 2.13. The highest BCUT2D eigenvalue weighted by atomic mass is 32.2. The van der Waals surface area contributed by atoms with E-state index in [0.717, 1.165) is 0 Å². The maximum absolute atomic E-state index is 11.9. The van der Waals surface area contributed by atoms with E-state index in [9.17, 15) is 4.79 Å². The van der Waals surface area contributed by atoms with Crippen LogP contribution in [0.1, 0.15) is 5.76 Å². The fraction of sp³-hybridized carbons (Fsp3) is 0.0417. The van der Waals surface area contributed by atoms with Gasteiger partial charge in [-0.25, -0.2) is 4.79 Å². The van der Waals surface area contributed by atoms with Crippen LogP contribution in [0.3, 0.4) is 0 Å². The number of ether oxygens (including phenoxy) is 2. The number of furan rings is 1. The lowest BCUT2D eigenvalue weighted by atomic mass is 10.3. The number of carbonyl (C=O) groups excluding carboxylic acids is 1. The van der Waals surface area contributed by atoms with Crippen molar-refractivity contribution in [3.05, 3.63) is 109 Å². The van der Waals surface area contributed by atoms with Crippen LogP contribution in [0.25, 0.3) is 0 Å². The largest absolute Gasteiger partial charge is 0.514 e. The van der Waals surface area contributed by atoms with Gasteiger partial charge >= 0.3 is 6.16 Å². The molecular weight excluding hydrogens is 384 g/mol. The molecular formula is C24H20O4S. The highest BCUT2D eigenvalue weighted by Crippen LogP contribution is 2.51. The van der Waals surface area contributed by atoms with Gasteiger partial charge < -0.3 is 13.9 Å². The van der Waals surface area contributed by atoms with Crippen molar-refractivity contribution >= 4 is 17.1 Å². The van der Waals surface area contributed by atoms with Crippen LogP contribution in [-0.4, -0.2) is 6.16 Å². The van der Waals surface area contributed by atoms with Gasteiger partial charge in [-0.3, -0.25) is 0 Å². The number of benzene rings is 3. The van der Waals surface area contributed by atoms with Crippen LogP contribution in [0, 0.1) is 0 Å². The minimum absolute atomic E-state index is 0.0389. The van der Waals surface area contributed by atoms with Crippen molar-refractivity contribution < 1.29 is 18.7 Å². The van der Waals surface area contributed by atoms with Gasteiger partial charge in [0.25, 0.3) is 0 Å². The van der Waals surface area contributed by atoms with Gasteiger partial charge in [0, 0.05) is 0 Å². The molecule has 4 nitrogen and oxygen atoms in total. The van der Waals surface area contributed by atoms with Crippen LogP contribution in [0.4, 0.5) is 4.79 Å². The first-order valence-corrected chi connectivity index (χ1v) is 10.5. The predicted molar refractivity (Wildman–Crippen MR) is 113 cm³/mol. The van der Waals surface area contributed by atoms with E-state index in [0.29, 0.717) is 11.5 Å². The van der Waals surface area contributed by atoms with E-state index in [1.54, 1.807) is 24.3 Å². The fourth-order valence-electron chi connectivity index (χ4n) is 2.92. The summed E-state index contributed by atoms with van der Waals surface area (Å²) in [6.45, 7) is 0.0389. The Bertz CT molecular complexity index is 990. The molecule has 0 radical (unpaired) electrons. The van der Waals surface area contributed by atoms with E-state index in [-0.39, 0.29) is 6.61 Å². The van der Waals surface area contributed by atoms with Gasteiger partial charge in [0.15, 0.2) is 6.61 Å². The second-order valence-electron chi connectivity index (χ2n) is 6.22. The molecule has 3 aromatic carbocycles. The van der Waals surface area contributed by atoms with Crippen LogP contribution in [-0.2, 0) is 11.3 Å². The van der Waals surface area contributed by atoms with E-state index in [2.05, 4.69) is 48.5 Å². The summed E-state index contributed by atoms with van der Waals surface area (Å²) in [4.78, 5) is 15.6. The zero-order valence-electron chi connectivity index (χ0n) is 15.6. The smallest absolute Gasteiger partial charge is 0.466 e. The zero-order valence-corrected chi connectivity index (χ0v) is 16.5.